The Hall–Kier alpha value is -3.74. The summed E-state index contributed by atoms with van der Waals surface area (Å²) in [5.41, 5.74) is 3.78. The fourth-order valence-electron chi connectivity index (χ4n) is 4.45. The van der Waals surface area contributed by atoms with Gasteiger partial charge in [-0.25, -0.2) is 0 Å². The maximum atomic E-state index is 5.95. The zero-order valence-electron chi connectivity index (χ0n) is 16.1. The van der Waals surface area contributed by atoms with E-state index in [1.165, 1.54) is 0 Å². The average Bonchev–Trinajstić information content (AvgIpc) is 3.45. The van der Waals surface area contributed by atoms with Crippen LogP contribution in [-0.4, -0.2) is 38.1 Å². The molecule has 0 spiro atoms. The first-order valence-corrected chi connectivity index (χ1v) is 9.23. The first-order chi connectivity index (χ1) is 14.3. The molecule has 2 N–H and O–H groups in total. The van der Waals surface area contributed by atoms with Crippen molar-refractivity contribution in [2.45, 2.75) is 0 Å². The van der Waals surface area contributed by atoms with Crippen LogP contribution in [0, 0.1) is 0 Å². The summed E-state index contributed by atoms with van der Waals surface area (Å²) in [6.07, 6.45) is 0. The van der Waals surface area contributed by atoms with Crippen molar-refractivity contribution < 1.29 is 23.7 Å². The third-order valence-electron chi connectivity index (χ3n) is 5.61. The van der Waals surface area contributed by atoms with E-state index in [1.54, 1.807) is 21.3 Å². The molecule has 0 bridgehead atoms. The maximum Gasteiger partial charge on any atom is 0.231 e. The molecule has 29 heavy (non-hydrogen) atoms. The molecule has 3 aromatic carbocycles. The van der Waals surface area contributed by atoms with Crippen LogP contribution >= 0.6 is 0 Å². The summed E-state index contributed by atoms with van der Waals surface area (Å²) in [4.78, 5) is 7.07. The predicted molar refractivity (Wildman–Crippen MR) is 111 cm³/mol. The lowest BCUT2D eigenvalue weighted by molar-refractivity contribution is 0.176. The Balaban J connectivity index is 1.90. The smallest absolute Gasteiger partial charge is 0.231 e. The summed E-state index contributed by atoms with van der Waals surface area (Å²) in [5.74, 6) is 3.15. The molecule has 146 valence electrons. The Kier molecular flexibility index (Phi) is 3.16. The minimum absolute atomic E-state index is 0.172. The summed E-state index contributed by atoms with van der Waals surface area (Å²) in [6, 6.07) is 10.1. The number of ether oxygens (including phenoxy) is 5. The predicted octanol–water partition coefficient (Wildman–Crippen LogP) is 4.71. The van der Waals surface area contributed by atoms with E-state index >= 15 is 0 Å². The lowest BCUT2D eigenvalue weighted by Gasteiger charge is -2.13. The third-order valence-corrected chi connectivity index (χ3v) is 5.61. The number of hydrogen-bond donors (Lipinski definition) is 2. The highest BCUT2D eigenvalue weighted by Gasteiger charge is 2.30. The van der Waals surface area contributed by atoms with E-state index in [2.05, 4.69) is 22.1 Å². The molecule has 0 saturated carbocycles. The van der Waals surface area contributed by atoms with Crippen molar-refractivity contribution in [1.82, 2.24) is 9.97 Å². The normalized spacial score (nSPS) is 13.1. The van der Waals surface area contributed by atoms with Crippen molar-refractivity contribution >= 4 is 43.6 Å². The maximum absolute atomic E-state index is 5.95. The summed E-state index contributed by atoms with van der Waals surface area (Å²) in [5, 5.41) is 3.85. The van der Waals surface area contributed by atoms with Crippen molar-refractivity contribution in [2.75, 3.05) is 28.1 Å². The highest BCUT2D eigenvalue weighted by Crippen LogP contribution is 2.54. The van der Waals surface area contributed by atoms with Gasteiger partial charge in [0.2, 0.25) is 12.5 Å². The van der Waals surface area contributed by atoms with Crippen LogP contribution in [-0.2, 0) is 0 Å². The molecule has 7 heteroatoms. The summed E-state index contributed by atoms with van der Waals surface area (Å²) in [6.45, 7) is 0.172. The Morgan fingerprint density at radius 1 is 0.759 bits per heavy atom. The van der Waals surface area contributed by atoms with Crippen molar-refractivity contribution in [3.05, 3.63) is 30.3 Å². The molecule has 0 unspecified atom stereocenters. The quantitative estimate of drug-likeness (QED) is 0.467. The molecule has 0 fully saturated rings. The molecule has 6 rings (SSSR count). The number of H-pyrrole nitrogens is 2. The molecule has 5 aromatic rings. The van der Waals surface area contributed by atoms with Crippen LogP contribution in [0.15, 0.2) is 30.3 Å². The highest BCUT2D eigenvalue weighted by atomic mass is 16.7. The molecule has 7 nitrogen and oxygen atoms in total. The van der Waals surface area contributed by atoms with Gasteiger partial charge in [-0.15, -0.1) is 0 Å². The van der Waals surface area contributed by atoms with Gasteiger partial charge in [0.15, 0.2) is 23.0 Å². The lowest BCUT2D eigenvalue weighted by Crippen LogP contribution is -1.95. The lowest BCUT2D eigenvalue weighted by atomic mass is 10.0. The van der Waals surface area contributed by atoms with Gasteiger partial charge in [0.05, 0.1) is 54.0 Å². The number of nitrogens with one attached hydrogen (secondary N) is 2. The van der Waals surface area contributed by atoms with E-state index < -0.39 is 0 Å². The zero-order valence-corrected chi connectivity index (χ0v) is 16.1. The van der Waals surface area contributed by atoms with Gasteiger partial charge in [0.1, 0.15) is 0 Å². The van der Waals surface area contributed by atoms with E-state index in [1.807, 2.05) is 18.2 Å². The monoisotopic (exact) mass is 390 g/mol. The summed E-state index contributed by atoms with van der Waals surface area (Å²) in [7, 11) is 4.83. The number of rotatable bonds is 3. The Morgan fingerprint density at radius 3 is 2.21 bits per heavy atom. The molecule has 3 heterocycles. The summed E-state index contributed by atoms with van der Waals surface area (Å²) >= 11 is 0. The van der Waals surface area contributed by atoms with Gasteiger partial charge >= 0.3 is 0 Å². The van der Waals surface area contributed by atoms with Crippen LogP contribution in [0.1, 0.15) is 0 Å². The number of aromatic amines is 2. The minimum Gasteiger partial charge on any atom is -0.493 e. The van der Waals surface area contributed by atoms with Crippen molar-refractivity contribution in [1.29, 1.82) is 0 Å². The SMILES string of the molecule is COc1cc2[nH]c3c4[nH]c5ccccc5c4c4c(c3c2c(OC)c1OC)OCO4. The topological polar surface area (TPSA) is 77.7 Å². The molecule has 2 aromatic heterocycles. The van der Waals surface area contributed by atoms with Crippen LogP contribution in [0.25, 0.3) is 43.6 Å². The third kappa shape index (κ3) is 1.91. The van der Waals surface area contributed by atoms with Gasteiger partial charge in [0, 0.05) is 17.0 Å². The number of methoxy groups -OCH3 is 3. The summed E-state index contributed by atoms with van der Waals surface area (Å²) < 4.78 is 28.8. The van der Waals surface area contributed by atoms with Gasteiger partial charge in [-0.05, 0) is 6.07 Å². The molecule has 0 radical (unpaired) electrons. The first kappa shape index (κ1) is 16.2. The van der Waals surface area contributed by atoms with E-state index in [0.29, 0.717) is 23.0 Å². The largest absolute Gasteiger partial charge is 0.493 e. The van der Waals surface area contributed by atoms with Gasteiger partial charge in [-0.1, -0.05) is 18.2 Å². The second kappa shape index (κ2) is 5.64. The van der Waals surface area contributed by atoms with Crippen LogP contribution in [0.4, 0.5) is 0 Å². The van der Waals surface area contributed by atoms with E-state index in [4.69, 9.17) is 23.7 Å². The van der Waals surface area contributed by atoms with Crippen molar-refractivity contribution in [2.24, 2.45) is 0 Å². The number of para-hydroxylation sites is 1. The fraction of sp³-hybridized carbons (Fsp3) is 0.182. The molecule has 1 aliphatic rings. The van der Waals surface area contributed by atoms with Gasteiger partial charge < -0.3 is 33.7 Å². The second-order valence-corrected chi connectivity index (χ2v) is 6.93. The Labute approximate surface area is 165 Å². The van der Waals surface area contributed by atoms with E-state index in [-0.39, 0.29) is 6.79 Å². The van der Waals surface area contributed by atoms with E-state index in [0.717, 1.165) is 49.4 Å². The minimum atomic E-state index is 0.172. The van der Waals surface area contributed by atoms with Gasteiger partial charge in [-0.2, -0.15) is 0 Å². The molecule has 0 atom stereocenters. The van der Waals surface area contributed by atoms with Crippen LogP contribution < -0.4 is 23.7 Å². The molecule has 0 amide bonds. The number of fused-ring (bicyclic) bond motifs is 10. The molecular formula is C22H18N2O5. The molecule has 0 aliphatic carbocycles. The number of aromatic nitrogens is 2. The Bertz CT molecular complexity index is 1450. The van der Waals surface area contributed by atoms with Gasteiger partial charge in [-0.3, -0.25) is 0 Å². The molecule has 1 aliphatic heterocycles. The number of hydrogen-bond acceptors (Lipinski definition) is 5. The van der Waals surface area contributed by atoms with Crippen LogP contribution in [0.3, 0.4) is 0 Å². The van der Waals surface area contributed by atoms with E-state index in [9.17, 15) is 0 Å². The zero-order chi connectivity index (χ0) is 19.7. The van der Waals surface area contributed by atoms with Crippen molar-refractivity contribution in [3.8, 4) is 28.7 Å². The first-order valence-electron chi connectivity index (χ1n) is 9.23. The van der Waals surface area contributed by atoms with Crippen LogP contribution in [0.5, 0.6) is 28.7 Å². The molecular weight excluding hydrogens is 372 g/mol. The molecule has 0 saturated heterocycles. The van der Waals surface area contributed by atoms with Crippen LogP contribution in [0.2, 0.25) is 0 Å². The Morgan fingerprint density at radius 2 is 1.45 bits per heavy atom. The van der Waals surface area contributed by atoms with Gasteiger partial charge in [0.25, 0.3) is 0 Å². The average molecular weight is 390 g/mol. The fourth-order valence-corrected chi connectivity index (χ4v) is 4.45. The second-order valence-electron chi connectivity index (χ2n) is 6.93. The van der Waals surface area contributed by atoms with Crippen molar-refractivity contribution in [3.63, 3.8) is 0 Å². The highest BCUT2D eigenvalue weighted by molar-refractivity contribution is 6.28. The number of benzene rings is 3. The standard InChI is InChI=1S/C22H18N2O5/c1-25-13-8-12-15(20(27-3)19(13)26-2)16-18(24-12)17-14(21-22(16)29-9-28-21)10-6-4-5-7-11(10)23-17/h4-8,23-24H,9H2,1-3H3.